The zero-order valence-electron chi connectivity index (χ0n) is 8.70. The summed E-state index contributed by atoms with van der Waals surface area (Å²) in [5.41, 5.74) is 0. The van der Waals surface area contributed by atoms with Gasteiger partial charge in [0.2, 0.25) is 0 Å². The minimum atomic E-state index is -0.449. The fraction of sp³-hybridized carbons (Fsp3) is 0.100. The lowest BCUT2D eigenvalue weighted by molar-refractivity contribution is 0.0995. The number of amides is 1. The number of nitrogens with one attached hydrogen (secondary N) is 1. The Morgan fingerprint density at radius 3 is 2.76 bits per heavy atom. The predicted octanol–water partition coefficient (Wildman–Crippen LogP) is 2.94. The predicted molar refractivity (Wildman–Crippen MR) is 63.5 cm³/mol. The number of carbonyl (C=O) groups is 1. The molecule has 1 amide bonds. The van der Waals surface area contributed by atoms with E-state index in [0.717, 1.165) is 0 Å². The molecule has 0 aliphatic heterocycles. The number of furan rings is 1. The van der Waals surface area contributed by atoms with E-state index >= 15 is 0 Å². The maximum absolute atomic E-state index is 11.7. The van der Waals surface area contributed by atoms with Crippen molar-refractivity contribution in [2.45, 2.75) is 6.92 Å². The van der Waals surface area contributed by atoms with Crippen LogP contribution in [0.1, 0.15) is 16.3 Å². The van der Waals surface area contributed by atoms with E-state index in [4.69, 9.17) is 27.6 Å². The Morgan fingerprint density at radius 1 is 1.35 bits per heavy atom. The first kappa shape index (κ1) is 11.9. The number of anilines is 1. The smallest absolute Gasteiger partial charge is 0.292 e. The van der Waals surface area contributed by atoms with Crippen LogP contribution in [-0.2, 0) is 0 Å². The van der Waals surface area contributed by atoms with Gasteiger partial charge in [0.05, 0.1) is 0 Å². The van der Waals surface area contributed by atoms with E-state index in [1.165, 1.54) is 6.33 Å². The number of nitrogens with zero attached hydrogens (tertiary/aromatic N) is 2. The second-order valence-electron chi connectivity index (χ2n) is 3.19. The molecule has 0 saturated carbocycles. The van der Waals surface area contributed by atoms with Gasteiger partial charge in [0.1, 0.15) is 17.1 Å². The van der Waals surface area contributed by atoms with Gasteiger partial charge in [0.15, 0.2) is 16.7 Å². The van der Waals surface area contributed by atoms with E-state index in [2.05, 4.69) is 15.3 Å². The van der Waals surface area contributed by atoms with Crippen molar-refractivity contribution in [1.82, 2.24) is 9.97 Å². The van der Waals surface area contributed by atoms with Crippen molar-refractivity contribution < 1.29 is 9.21 Å². The van der Waals surface area contributed by atoms with Crippen molar-refractivity contribution in [1.29, 1.82) is 0 Å². The van der Waals surface area contributed by atoms with E-state index < -0.39 is 5.91 Å². The second kappa shape index (κ2) is 4.73. The van der Waals surface area contributed by atoms with Crippen molar-refractivity contribution in [2.24, 2.45) is 0 Å². The maximum Gasteiger partial charge on any atom is 0.292 e. The summed E-state index contributed by atoms with van der Waals surface area (Å²) in [6.07, 6.45) is 1.21. The third-order valence-electron chi connectivity index (χ3n) is 1.94. The first-order valence-corrected chi connectivity index (χ1v) is 5.37. The molecule has 0 radical (unpaired) electrons. The largest absolute Gasteiger partial charge is 0.456 e. The van der Waals surface area contributed by atoms with Crippen molar-refractivity contribution in [2.75, 3.05) is 5.32 Å². The molecule has 1 N–H and O–H groups in total. The number of hydrogen-bond donors (Lipinski definition) is 1. The van der Waals surface area contributed by atoms with Crippen LogP contribution in [0.15, 0.2) is 22.9 Å². The quantitative estimate of drug-likeness (QED) is 0.853. The molecule has 0 spiro atoms. The molecule has 2 heterocycles. The van der Waals surface area contributed by atoms with Gasteiger partial charge < -0.3 is 9.73 Å². The fourth-order valence-electron chi connectivity index (χ4n) is 1.16. The maximum atomic E-state index is 11.7. The molecule has 88 valence electrons. The SMILES string of the molecule is Cc1ccc(C(=O)Nc2ncnc(Cl)c2Cl)o1. The molecule has 0 saturated heterocycles. The first-order valence-electron chi connectivity index (χ1n) is 4.61. The molecule has 0 aromatic carbocycles. The molecule has 0 unspecified atom stereocenters. The van der Waals surface area contributed by atoms with Crippen LogP contribution in [-0.4, -0.2) is 15.9 Å². The average Bonchev–Trinajstić information content (AvgIpc) is 2.72. The van der Waals surface area contributed by atoms with Gasteiger partial charge in [0.25, 0.3) is 5.91 Å². The molecule has 5 nitrogen and oxygen atoms in total. The number of aromatic nitrogens is 2. The summed E-state index contributed by atoms with van der Waals surface area (Å²) in [5, 5.41) is 2.65. The molecule has 0 aliphatic rings. The van der Waals surface area contributed by atoms with E-state index in [9.17, 15) is 4.79 Å². The third kappa shape index (κ3) is 2.57. The summed E-state index contributed by atoms with van der Waals surface area (Å²) in [4.78, 5) is 19.2. The van der Waals surface area contributed by atoms with Gasteiger partial charge in [-0.15, -0.1) is 0 Å². The average molecular weight is 272 g/mol. The number of carbonyl (C=O) groups excluding carboxylic acids is 1. The van der Waals surface area contributed by atoms with E-state index in [-0.39, 0.29) is 21.8 Å². The standard InChI is InChI=1S/C10H7Cl2N3O2/c1-5-2-3-6(17-5)10(16)15-9-7(11)8(12)13-4-14-9/h2-4H,1H3,(H,13,14,15,16). The lowest BCUT2D eigenvalue weighted by Crippen LogP contribution is -2.12. The number of aryl methyl sites for hydroxylation is 1. The highest BCUT2D eigenvalue weighted by Crippen LogP contribution is 2.25. The second-order valence-corrected chi connectivity index (χ2v) is 3.93. The zero-order valence-corrected chi connectivity index (χ0v) is 10.2. The van der Waals surface area contributed by atoms with Gasteiger partial charge in [-0.3, -0.25) is 4.79 Å². The van der Waals surface area contributed by atoms with Gasteiger partial charge in [0, 0.05) is 0 Å². The van der Waals surface area contributed by atoms with Crippen LogP contribution < -0.4 is 5.32 Å². The molecule has 7 heteroatoms. The van der Waals surface area contributed by atoms with Crippen LogP contribution in [0, 0.1) is 6.92 Å². The Hall–Kier alpha value is -1.59. The van der Waals surface area contributed by atoms with Crippen LogP contribution in [0.3, 0.4) is 0 Å². The Bertz CT molecular complexity index is 568. The molecular formula is C10H7Cl2N3O2. The Morgan fingerprint density at radius 2 is 2.12 bits per heavy atom. The van der Waals surface area contributed by atoms with Gasteiger partial charge in [-0.2, -0.15) is 0 Å². The van der Waals surface area contributed by atoms with Crippen LogP contribution in [0.4, 0.5) is 5.82 Å². The highest BCUT2D eigenvalue weighted by atomic mass is 35.5. The van der Waals surface area contributed by atoms with Crippen LogP contribution >= 0.6 is 23.2 Å². The van der Waals surface area contributed by atoms with Crippen LogP contribution in [0.5, 0.6) is 0 Å². The van der Waals surface area contributed by atoms with Crippen molar-refractivity contribution in [3.05, 3.63) is 40.2 Å². The third-order valence-corrected chi connectivity index (χ3v) is 2.68. The summed E-state index contributed by atoms with van der Waals surface area (Å²) in [7, 11) is 0. The summed E-state index contributed by atoms with van der Waals surface area (Å²) in [6, 6.07) is 3.24. The van der Waals surface area contributed by atoms with Gasteiger partial charge in [-0.05, 0) is 19.1 Å². The lowest BCUT2D eigenvalue weighted by atomic mass is 10.4. The molecule has 0 bridgehead atoms. The van der Waals surface area contributed by atoms with Crippen LogP contribution in [0.25, 0.3) is 0 Å². The van der Waals surface area contributed by atoms with Gasteiger partial charge >= 0.3 is 0 Å². The fourth-order valence-corrected chi connectivity index (χ4v) is 1.44. The van der Waals surface area contributed by atoms with Crippen molar-refractivity contribution in [3.8, 4) is 0 Å². The molecule has 0 aliphatic carbocycles. The van der Waals surface area contributed by atoms with E-state index in [1.807, 2.05) is 0 Å². The molecule has 2 rings (SSSR count). The first-order chi connectivity index (χ1) is 8.08. The summed E-state index contributed by atoms with van der Waals surface area (Å²) in [6.45, 7) is 1.74. The van der Waals surface area contributed by atoms with E-state index in [1.54, 1.807) is 19.1 Å². The minimum absolute atomic E-state index is 0.0765. The normalized spacial score (nSPS) is 10.3. The molecule has 2 aromatic heterocycles. The molecule has 0 atom stereocenters. The highest BCUT2D eigenvalue weighted by Gasteiger charge is 2.14. The zero-order chi connectivity index (χ0) is 12.4. The van der Waals surface area contributed by atoms with Crippen LogP contribution in [0.2, 0.25) is 10.2 Å². The lowest BCUT2D eigenvalue weighted by Gasteiger charge is -2.04. The molecule has 17 heavy (non-hydrogen) atoms. The Labute approximate surface area is 107 Å². The number of hydrogen-bond acceptors (Lipinski definition) is 4. The summed E-state index contributed by atoms with van der Waals surface area (Å²) in [5.74, 6) is 0.510. The van der Waals surface area contributed by atoms with E-state index in [0.29, 0.717) is 5.76 Å². The number of halogens is 2. The summed E-state index contributed by atoms with van der Waals surface area (Å²) >= 11 is 11.5. The summed E-state index contributed by atoms with van der Waals surface area (Å²) < 4.78 is 5.16. The Kier molecular flexibility index (Phi) is 3.31. The molecular weight excluding hydrogens is 265 g/mol. The number of rotatable bonds is 2. The molecule has 0 fully saturated rings. The monoisotopic (exact) mass is 271 g/mol. The van der Waals surface area contributed by atoms with Crippen molar-refractivity contribution >= 4 is 34.9 Å². The highest BCUT2D eigenvalue weighted by molar-refractivity contribution is 6.43. The van der Waals surface area contributed by atoms with Crippen molar-refractivity contribution in [3.63, 3.8) is 0 Å². The Balaban J connectivity index is 2.21. The molecule has 2 aromatic rings. The van der Waals surface area contributed by atoms with Gasteiger partial charge in [-0.1, -0.05) is 23.2 Å². The van der Waals surface area contributed by atoms with Gasteiger partial charge in [-0.25, -0.2) is 9.97 Å². The minimum Gasteiger partial charge on any atom is -0.456 e. The topological polar surface area (TPSA) is 68.0 Å².